The first kappa shape index (κ1) is 7.98. The zero-order valence-electron chi connectivity index (χ0n) is 7.23. The maximum Gasteiger partial charge on any atom is 0.269 e. The van der Waals surface area contributed by atoms with Crippen LogP contribution in [0.2, 0.25) is 0 Å². The highest BCUT2D eigenvalue weighted by molar-refractivity contribution is 6.11. The molecule has 1 atom stereocenters. The quantitative estimate of drug-likeness (QED) is 0.601. The van der Waals surface area contributed by atoms with Crippen LogP contribution in [0.25, 0.3) is 0 Å². The summed E-state index contributed by atoms with van der Waals surface area (Å²) in [6, 6.07) is 0. The van der Waals surface area contributed by atoms with Crippen molar-refractivity contribution in [2.75, 3.05) is 7.11 Å². The molecule has 0 aromatic heterocycles. The largest absolute Gasteiger partial charge is 0.497 e. The van der Waals surface area contributed by atoms with Crippen molar-refractivity contribution in [3.05, 3.63) is 36.1 Å². The van der Waals surface area contributed by atoms with Gasteiger partial charge in [0.2, 0.25) is 0 Å². The lowest BCUT2D eigenvalue weighted by Gasteiger charge is -2.16. The summed E-state index contributed by atoms with van der Waals surface area (Å²) in [7, 11) is 1.62. The first-order chi connectivity index (χ1) is 6.29. The smallest absolute Gasteiger partial charge is 0.269 e. The summed E-state index contributed by atoms with van der Waals surface area (Å²) in [5, 5.41) is 0. The maximum atomic E-state index is 10.9. The SMILES string of the molecule is COC1=CC2C=CC(=O)N=C2C=C1. The van der Waals surface area contributed by atoms with Crippen molar-refractivity contribution >= 4 is 11.6 Å². The number of aliphatic imine (C=N–C) groups is 1. The van der Waals surface area contributed by atoms with Crippen molar-refractivity contribution in [2.45, 2.75) is 0 Å². The Morgan fingerprint density at radius 1 is 1.38 bits per heavy atom. The number of methoxy groups -OCH3 is 1. The molecule has 0 aromatic rings. The predicted molar refractivity (Wildman–Crippen MR) is 49.3 cm³/mol. The van der Waals surface area contributed by atoms with E-state index in [2.05, 4.69) is 4.99 Å². The molecule has 0 fully saturated rings. The number of hydrogen-bond acceptors (Lipinski definition) is 2. The summed E-state index contributed by atoms with van der Waals surface area (Å²) >= 11 is 0. The Morgan fingerprint density at radius 3 is 3.00 bits per heavy atom. The van der Waals surface area contributed by atoms with Gasteiger partial charge in [0.25, 0.3) is 5.91 Å². The summed E-state index contributed by atoms with van der Waals surface area (Å²) in [6.45, 7) is 0. The van der Waals surface area contributed by atoms with Gasteiger partial charge in [0.1, 0.15) is 5.76 Å². The topological polar surface area (TPSA) is 38.7 Å². The second-order valence-electron chi connectivity index (χ2n) is 2.87. The van der Waals surface area contributed by atoms with Crippen molar-refractivity contribution in [3.8, 4) is 0 Å². The third-order valence-electron chi connectivity index (χ3n) is 2.02. The van der Waals surface area contributed by atoms with Gasteiger partial charge in [-0.1, -0.05) is 6.08 Å². The summed E-state index contributed by atoms with van der Waals surface area (Å²) in [4.78, 5) is 14.8. The van der Waals surface area contributed by atoms with E-state index in [0.717, 1.165) is 11.5 Å². The molecule has 3 nitrogen and oxygen atoms in total. The van der Waals surface area contributed by atoms with E-state index in [1.165, 1.54) is 6.08 Å². The number of rotatable bonds is 1. The molecule has 1 amide bonds. The minimum Gasteiger partial charge on any atom is -0.497 e. The summed E-state index contributed by atoms with van der Waals surface area (Å²) < 4.78 is 5.07. The third kappa shape index (κ3) is 1.45. The van der Waals surface area contributed by atoms with E-state index >= 15 is 0 Å². The second kappa shape index (κ2) is 3.01. The van der Waals surface area contributed by atoms with Crippen LogP contribution in [0.1, 0.15) is 0 Å². The number of ether oxygens (including phenoxy) is 1. The molecule has 0 N–H and O–H groups in total. The number of amides is 1. The molecule has 13 heavy (non-hydrogen) atoms. The van der Waals surface area contributed by atoms with E-state index < -0.39 is 0 Å². The molecule has 1 aliphatic heterocycles. The first-order valence-electron chi connectivity index (χ1n) is 4.04. The Balaban J connectivity index is 2.31. The molecule has 2 aliphatic rings. The van der Waals surface area contributed by atoms with Crippen molar-refractivity contribution in [1.82, 2.24) is 0 Å². The normalized spacial score (nSPS) is 25.0. The highest BCUT2D eigenvalue weighted by atomic mass is 16.5. The highest BCUT2D eigenvalue weighted by Crippen LogP contribution is 2.19. The molecule has 3 heteroatoms. The lowest BCUT2D eigenvalue weighted by molar-refractivity contribution is -0.113. The maximum absolute atomic E-state index is 10.9. The minimum absolute atomic E-state index is 0.0950. The number of hydrogen-bond donors (Lipinski definition) is 0. The number of fused-ring (bicyclic) bond motifs is 1. The molecule has 0 saturated heterocycles. The van der Waals surface area contributed by atoms with Crippen LogP contribution in [0.15, 0.2) is 41.1 Å². The fourth-order valence-corrected chi connectivity index (χ4v) is 1.35. The number of carbonyl (C=O) groups excluding carboxylic acids is 1. The Kier molecular flexibility index (Phi) is 1.85. The van der Waals surface area contributed by atoms with Crippen LogP contribution in [0.5, 0.6) is 0 Å². The fraction of sp³-hybridized carbons (Fsp3) is 0.200. The van der Waals surface area contributed by atoms with Gasteiger partial charge in [-0.05, 0) is 18.2 Å². The highest BCUT2D eigenvalue weighted by Gasteiger charge is 2.17. The molecule has 1 aliphatic carbocycles. The first-order valence-corrected chi connectivity index (χ1v) is 4.04. The lowest BCUT2D eigenvalue weighted by Crippen LogP contribution is -2.17. The van der Waals surface area contributed by atoms with Crippen LogP contribution < -0.4 is 0 Å². The standard InChI is InChI=1S/C10H9NO2/c1-13-8-3-4-9-7(6-8)2-5-10(12)11-9/h2-7H,1H3. The Labute approximate surface area is 76.1 Å². The van der Waals surface area contributed by atoms with Gasteiger partial charge < -0.3 is 4.74 Å². The van der Waals surface area contributed by atoms with Crippen LogP contribution in [-0.4, -0.2) is 18.7 Å². The van der Waals surface area contributed by atoms with E-state index in [9.17, 15) is 4.79 Å². The van der Waals surface area contributed by atoms with Crippen molar-refractivity contribution < 1.29 is 9.53 Å². The molecule has 0 bridgehead atoms. The average molecular weight is 175 g/mol. The molecular weight excluding hydrogens is 166 g/mol. The Bertz CT molecular complexity index is 361. The van der Waals surface area contributed by atoms with E-state index in [-0.39, 0.29) is 11.8 Å². The van der Waals surface area contributed by atoms with Crippen LogP contribution in [0, 0.1) is 5.92 Å². The molecule has 2 rings (SSSR count). The Hall–Kier alpha value is -1.64. The molecule has 0 aromatic carbocycles. The molecule has 0 saturated carbocycles. The zero-order chi connectivity index (χ0) is 9.26. The molecule has 66 valence electrons. The second-order valence-corrected chi connectivity index (χ2v) is 2.87. The van der Waals surface area contributed by atoms with Crippen LogP contribution in [0.4, 0.5) is 0 Å². The van der Waals surface area contributed by atoms with Gasteiger partial charge >= 0.3 is 0 Å². The fourth-order valence-electron chi connectivity index (χ4n) is 1.35. The Morgan fingerprint density at radius 2 is 2.23 bits per heavy atom. The van der Waals surface area contributed by atoms with E-state index in [1.807, 2.05) is 24.3 Å². The van der Waals surface area contributed by atoms with E-state index in [1.54, 1.807) is 7.11 Å². The van der Waals surface area contributed by atoms with Gasteiger partial charge in [-0.25, -0.2) is 4.99 Å². The lowest BCUT2D eigenvalue weighted by atomic mass is 9.95. The predicted octanol–water partition coefficient (Wildman–Crippen LogP) is 1.24. The van der Waals surface area contributed by atoms with Crippen LogP contribution >= 0.6 is 0 Å². The third-order valence-corrected chi connectivity index (χ3v) is 2.02. The van der Waals surface area contributed by atoms with Gasteiger partial charge in [-0.15, -0.1) is 0 Å². The van der Waals surface area contributed by atoms with E-state index in [0.29, 0.717) is 0 Å². The number of dihydropyridines is 1. The van der Waals surface area contributed by atoms with Gasteiger partial charge in [-0.3, -0.25) is 4.79 Å². The average Bonchev–Trinajstić information content (AvgIpc) is 2.17. The van der Waals surface area contributed by atoms with Crippen molar-refractivity contribution in [1.29, 1.82) is 0 Å². The van der Waals surface area contributed by atoms with Crippen molar-refractivity contribution in [2.24, 2.45) is 10.9 Å². The van der Waals surface area contributed by atoms with Crippen LogP contribution in [0.3, 0.4) is 0 Å². The van der Waals surface area contributed by atoms with Gasteiger partial charge in [-0.2, -0.15) is 0 Å². The van der Waals surface area contributed by atoms with Gasteiger partial charge in [0.15, 0.2) is 0 Å². The van der Waals surface area contributed by atoms with Crippen molar-refractivity contribution in [3.63, 3.8) is 0 Å². The minimum atomic E-state index is -0.190. The monoisotopic (exact) mass is 175 g/mol. The van der Waals surface area contributed by atoms with Gasteiger partial charge in [0.05, 0.1) is 12.8 Å². The summed E-state index contributed by atoms with van der Waals surface area (Å²) in [5.41, 5.74) is 0.785. The molecular formula is C10H9NO2. The summed E-state index contributed by atoms with van der Waals surface area (Å²) in [6.07, 6.45) is 8.86. The van der Waals surface area contributed by atoms with Crippen LogP contribution in [-0.2, 0) is 9.53 Å². The number of nitrogens with zero attached hydrogens (tertiary/aromatic N) is 1. The zero-order valence-corrected chi connectivity index (χ0v) is 7.23. The molecule has 1 unspecified atom stereocenters. The van der Waals surface area contributed by atoms with E-state index in [4.69, 9.17) is 4.74 Å². The van der Waals surface area contributed by atoms with Gasteiger partial charge in [0, 0.05) is 12.0 Å². The number of carbonyl (C=O) groups is 1. The molecule has 0 radical (unpaired) electrons. The molecule has 1 heterocycles. The summed E-state index contributed by atoms with van der Waals surface area (Å²) in [5.74, 6) is 0.714. The number of allylic oxidation sites excluding steroid dienone is 4. The molecule has 0 spiro atoms.